The number of hydrogen-bond acceptors (Lipinski definition) is 4. The van der Waals surface area contributed by atoms with Gasteiger partial charge in [-0.3, -0.25) is 4.79 Å². The lowest BCUT2D eigenvalue weighted by atomic mass is 9.87. The molecule has 6 nitrogen and oxygen atoms in total. The molecule has 1 saturated heterocycles. The Morgan fingerprint density at radius 2 is 1.60 bits per heavy atom. The maximum Gasteiger partial charge on any atom is 0.243 e. The Bertz CT molecular complexity index is 1080. The van der Waals surface area contributed by atoms with E-state index >= 15 is 0 Å². The Hall–Kier alpha value is -2.09. The van der Waals surface area contributed by atoms with E-state index in [9.17, 15) is 13.2 Å². The van der Waals surface area contributed by atoms with E-state index in [1.807, 2.05) is 29.2 Å². The maximum absolute atomic E-state index is 13.5. The minimum Gasteiger partial charge on any atom is -0.497 e. The zero-order chi connectivity index (χ0) is 24.8. The maximum atomic E-state index is 13.5. The van der Waals surface area contributed by atoms with Gasteiger partial charge in [-0.1, -0.05) is 43.0 Å². The molecule has 0 unspecified atom stereocenters. The summed E-state index contributed by atoms with van der Waals surface area (Å²) in [6.07, 6.45) is 6.86. The first-order valence-electron chi connectivity index (χ1n) is 12.5. The van der Waals surface area contributed by atoms with Crippen molar-refractivity contribution < 1.29 is 17.9 Å². The molecular formula is C27H35ClN2O4S. The average molecular weight is 519 g/mol. The predicted octanol–water partition coefficient (Wildman–Crippen LogP) is 5.36. The summed E-state index contributed by atoms with van der Waals surface area (Å²) in [5, 5.41) is 0.516. The third-order valence-electron chi connectivity index (χ3n) is 7.30. The van der Waals surface area contributed by atoms with Gasteiger partial charge in [-0.15, -0.1) is 0 Å². The van der Waals surface area contributed by atoms with Gasteiger partial charge in [0.05, 0.1) is 12.0 Å². The third kappa shape index (κ3) is 6.57. The van der Waals surface area contributed by atoms with Crippen molar-refractivity contribution in [1.82, 2.24) is 9.21 Å². The summed E-state index contributed by atoms with van der Waals surface area (Å²) in [6.45, 7) is 2.16. The molecule has 1 aliphatic carbocycles. The number of amides is 1. The van der Waals surface area contributed by atoms with Crippen LogP contribution in [0.3, 0.4) is 0 Å². The number of benzene rings is 2. The summed E-state index contributed by atoms with van der Waals surface area (Å²) in [6, 6.07) is 14.2. The molecule has 1 amide bonds. The van der Waals surface area contributed by atoms with E-state index in [2.05, 4.69) is 0 Å². The summed E-state index contributed by atoms with van der Waals surface area (Å²) >= 11 is 5.92. The molecule has 2 aromatic rings. The first-order valence-corrected chi connectivity index (χ1v) is 14.4. The number of sulfonamides is 1. The SMILES string of the molecule is COc1ccc(CN(CC2CCN(S(=O)(=O)c3ccc(Cl)cc3)CC2)C(=O)C2CCCCC2)cc1. The summed E-state index contributed by atoms with van der Waals surface area (Å²) < 4.78 is 32.9. The average Bonchev–Trinajstić information content (AvgIpc) is 2.89. The number of rotatable bonds is 8. The Kier molecular flexibility index (Phi) is 8.73. The van der Waals surface area contributed by atoms with E-state index in [-0.39, 0.29) is 22.6 Å². The number of hydrogen-bond donors (Lipinski definition) is 0. The van der Waals surface area contributed by atoms with Crippen molar-refractivity contribution in [2.24, 2.45) is 11.8 Å². The van der Waals surface area contributed by atoms with E-state index < -0.39 is 10.0 Å². The molecule has 4 rings (SSSR count). The molecule has 0 aromatic heterocycles. The number of carbonyl (C=O) groups excluding carboxylic acids is 1. The minimum absolute atomic E-state index is 0.104. The van der Waals surface area contributed by atoms with Crippen molar-refractivity contribution in [3.63, 3.8) is 0 Å². The molecule has 0 bridgehead atoms. The zero-order valence-corrected chi connectivity index (χ0v) is 21.9. The van der Waals surface area contributed by atoms with Gasteiger partial charge in [0.25, 0.3) is 0 Å². The fourth-order valence-corrected chi connectivity index (χ4v) is 6.79. The number of halogens is 1. The highest BCUT2D eigenvalue weighted by molar-refractivity contribution is 7.89. The van der Waals surface area contributed by atoms with Crippen LogP contribution in [0, 0.1) is 11.8 Å². The molecule has 0 spiro atoms. The Labute approximate surface area is 214 Å². The highest BCUT2D eigenvalue weighted by atomic mass is 35.5. The van der Waals surface area contributed by atoms with E-state index in [0.29, 0.717) is 31.2 Å². The Morgan fingerprint density at radius 1 is 0.971 bits per heavy atom. The van der Waals surface area contributed by atoms with Crippen LogP contribution < -0.4 is 4.74 Å². The Balaban J connectivity index is 1.42. The summed E-state index contributed by atoms with van der Waals surface area (Å²) in [5.74, 6) is 1.43. The lowest BCUT2D eigenvalue weighted by Crippen LogP contribution is -2.44. The van der Waals surface area contributed by atoms with E-state index in [1.165, 1.54) is 6.42 Å². The van der Waals surface area contributed by atoms with Gasteiger partial charge in [-0.05, 0) is 73.6 Å². The summed E-state index contributed by atoms with van der Waals surface area (Å²) in [5.41, 5.74) is 1.08. The summed E-state index contributed by atoms with van der Waals surface area (Å²) in [4.78, 5) is 15.8. The Morgan fingerprint density at radius 3 is 2.20 bits per heavy atom. The monoisotopic (exact) mass is 518 g/mol. The van der Waals surface area contributed by atoms with Crippen LogP contribution in [0.2, 0.25) is 5.02 Å². The van der Waals surface area contributed by atoms with Gasteiger partial charge < -0.3 is 9.64 Å². The van der Waals surface area contributed by atoms with E-state index in [1.54, 1.807) is 35.7 Å². The van der Waals surface area contributed by atoms with E-state index in [0.717, 1.165) is 49.8 Å². The summed E-state index contributed by atoms with van der Waals surface area (Å²) in [7, 11) is -1.89. The second kappa shape index (κ2) is 11.8. The topological polar surface area (TPSA) is 66.9 Å². The fraction of sp³-hybridized carbons (Fsp3) is 0.519. The van der Waals surface area contributed by atoms with Crippen molar-refractivity contribution in [2.45, 2.75) is 56.4 Å². The van der Waals surface area contributed by atoms with Gasteiger partial charge in [-0.25, -0.2) is 8.42 Å². The standard InChI is InChI=1S/C27H35ClN2O4S/c1-34-25-11-7-21(8-12-25)19-29(27(31)23-5-3-2-4-6-23)20-22-15-17-30(18-16-22)35(32,33)26-13-9-24(28)10-14-26/h7-14,22-23H,2-6,15-20H2,1H3. The molecule has 0 N–H and O–H groups in total. The van der Waals surface area contributed by atoms with Gasteiger partial charge in [0.15, 0.2) is 0 Å². The number of piperidine rings is 1. The normalized spacial score (nSPS) is 18.3. The molecular weight excluding hydrogens is 484 g/mol. The number of nitrogens with zero attached hydrogens (tertiary/aromatic N) is 2. The van der Waals surface area contributed by atoms with Crippen molar-refractivity contribution in [1.29, 1.82) is 0 Å². The van der Waals surface area contributed by atoms with Crippen molar-refractivity contribution in [3.8, 4) is 5.75 Å². The van der Waals surface area contributed by atoms with Crippen LogP contribution in [0.25, 0.3) is 0 Å². The van der Waals surface area contributed by atoms with Crippen molar-refractivity contribution in [2.75, 3.05) is 26.7 Å². The van der Waals surface area contributed by atoms with E-state index in [4.69, 9.17) is 16.3 Å². The molecule has 2 aromatic carbocycles. The van der Waals surface area contributed by atoms with Crippen LogP contribution in [-0.4, -0.2) is 50.3 Å². The minimum atomic E-state index is -3.54. The number of ether oxygens (including phenoxy) is 1. The molecule has 0 radical (unpaired) electrons. The molecule has 2 aliphatic rings. The van der Waals surface area contributed by atoms with Crippen molar-refractivity contribution in [3.05, 3.63) is 59.1 Å². The lowest BCUT2D eigenvalue weighted by molar-refractivity contribution is -0.138. The van der Waals surface area contributed by atoms with Crippen LogP contribution >= 0.6 is 11.6 Å². The second-order valence-electron chi connectivity index (χ2n) is 9.70. The van der Waals surface area contributed by atoms with Gasteiger partial charge in [-0.2, -0.15) is 4.31 Å². The molecule has 190 valence electrons. The first-order chi connectivity index (χ1) is 16.9. The molecule has 2 fully saturated rings. The lowest BCUT2D eigenvalue weighted by Gasteiger charge is -2.36. The third-order valence-corrected chi connectivity index (χ3v) is 9.47. The second-order valence-corrected chi connectivity index (χ2v) is 12.1. The van der Waals surface area contributed by atoms with Gasteiger partial charge in [0, 0.05) is 37.1 Å². The molecule has 0 atom stereocenters. The van der Waals surface area contributed by atoms with Crippen LogP contribution in [0.15, 0.2) is 53.4 Å². The number of methoxy groups -OCH3 is 1. The molecule has 1 heterocycles. The fourth-order valence-electron chi connectivity index (χ4n) is 5.19. The zero-order valence-electron chi connectivity index (χ0n) is 20.4. The van der Waals surface area contributed by atoms with Crippen LogP contribution in [-0.2, 0) is 21.4 Å². The predicted molar refractivity (Wildman–Crippen MR) is 138 cm³/mol. The highest BCUT2D eigenvalue weighted by Crippen LogP contribution is 2.29. The van der Waals surface area contributed by atoms with Crippen LogP contribution in [0.1, 0.15) is 50.5 Å². The van der Waals surface area contributed by atoms with Gasteiger partial charge in [0.2, 0.25) is 15.9 Å². The van der Waals surface area contributed by atoms with Crippen LogP contribution in [0.5, 0.6) is 5.75 Å². The molecule has 1 aliphatic heterocycles. The van der Waals surface area contributed by atoms with Gasteiger partial charge in [0.1, 0.15) is 5.75 Å². The highest BCUT2D eigenvalue weighted by Gasteiger charge is 2.32. The molecule has 8 heteroatoms. The molecule has 1 saturated carbocycles. The van der Waals surface area contributed by atoms with Crippen LogP contribution in [0.4, 0.5) is 0 Å². The smallest absolute Gasteiger partial charge is 0.243 e. The molecule has 35 heavy (non-hydrogen) atoms. The van der Waals surface area contributed by atoms with Crippen molar-refractivity contribution >= 4 is 27.5 Å². The number of carbonyl (C=O) groups is 1. The largest absolute Gasteiger partial charge is 0.497 e. The first kappa shape index (κ1) is 26.0. The quantitative estimate of drug-likeness (QED) is 0.472. The van der Waals surface area contributed by atoms with Gasteiger partial charge >= 0.3 is 0 Å².